The number of hydrogen-bond donors (Lipinski definition) is 1. The number of carbonyl (C=O) groups is 2. The van der Waals surface area contributed by atoms with E-state index in [1.54, 1.807) is 42.5 Å². The minimum Gasteiger partial charge on any atom is -0.352 e. The Hall–Kier alpha value is -4.14. The van der Waals surface area contributed by atoms with Gasteiger partial charge in [-0.1, -0.05) is 103 Å². The summed E-state index contributed by atoms with van der Waals surface area (Å²) in [5, 5.41) is 3.70. The molecular weight excluding hydrogens is 642 g/mol. The third-order valence-electron chi connectivity index (χ3n) is 8.90. The number of amides is 2. The molecule has 1 fully saturated rings. The van der Waals surface area contributed by atoms with E-state index >= 15 is 0 Å². The molecule has 4 aromatic carbocycles. The molecule has 5 rings (SSSR count). The first kappa shape index (κ1) is 35.2. The summed E-state index contributed by atoms with van der Waals surface area (Å²) in [6, 6.07) is 28.0. The van der Waals surface area contributed by atoms with E-state index < -0.39 is 28.5 Å². The molecule has 1 N–H and O–H groups in total. The SMILES string of the molecule is Cc1ccc(S(=O)(=O)N(CC(=O)N(Cc2ccccc2Cl)[C@@H](Cc2ccccc2)C(=O)NC2CCCCC2)c2cc(C)cc(C)c2)cc1. The lowest BCUT2D eigenvalue weighted by atomic mass is 9.94. The third-order valence-corrected chi connectivity index (χ3v) is 11.1. The van der Waals surface area contributed by atoms with Crippen LogP contribution in [0.25, 0.3) is 0 Å². The summed E-state index contributed by atoms with van der Waals surface area (Å²) in [7, 11) is -4.18. The molecule has 9 heteroatoms. The zero-order valence-electron chi connectivity index (χ0n) is 27.9. The maximum absolute atomic E-state index is 14.8. The van der Waals surface area contributed by atoms with Crippen molar-refractivity contribution in [1.29, 1.82) is 0 Å². The number of nitrogens with one attached hydrogen (secondary N) is 1. The van der Waals surface area contributed by atoms with E-state index in [4.69, 9.17) is 11.6 Å². The molecule has 0 unspecified atom stereocenters. The van der Waals surface area contributed by atoms with Crippen LogP contribution in [0.5, 0.6) is 0 Å². The lowest BCUT2D eigenvalue weighted by Crippen LogP contribution is -2.55. The van der Waals surface area contributed by atoms with Crippen molar-refractivity contribution in [2.45, 2.75) is 82.8 Å². The van der Waals surface area contributed by atoms with Crippen LogP contribution in [0.15, 0.2) is 102 Å². The highest BCUT2D eigenvalue weighted by atomic mass is 35.5. The summed E-state index contributed by atoms with van der Waals surface area (Å²) in [4.78, 5) is 30.6. The van der Waals surface area contributed by atoms with Gasteiger partial charge in [0.1, 0.15) is 12.6 Å². The van der Waals surface area contributed by atoms with Crippen LogP contribution in [0.2, 0.25) is 5.02 Å². The highest BCUT2D eigenvalue weighted by Crippen LogP contribution is 2.28. The van der Waals surface area contributed by atoms with Gasteiger partial charge in [0.05, 0.1) is 10.6 Å². The highest BCUT2D eigenvalue weighted by Gasteiger charge is 2.35. The molecule has 0 aromatic heterocycles. The van der Waals surface area contributed by atoms with Crippen LogP contribution in [0.1, 0.15) is 59.9 Å². The first-order chi connectivity index (χ1) is 23.0. The lowest BCUT2D eigenvalue weighted by molar-refractivity contribution is -0.140. The van der Waals surface area contributed by atoms with Gasteiger partial charge in [0.15, 0.2) is 0 Å². The van der Waals surface area contributed by atoms with Gasteiger partial charge in [0, 0.05) is 24.0 Å². The second-order valence-electron chi connectivity index (χ2n) is 12.8. The Labute approximate surface area is 290 Å². The molecule has 48 heavy (non-hydrogen) atoms. The predicted octanol–water partition coefficient (Wildman–Crippen LogP) is 7.55. The number of hydrogen-bond acceptors (Lipinski definition) is 4. The van der Waals surface area contributed by atoms with E-state index in [0.29, 0.717) is 16.3 Å². The van der Waals surface area contributed by atoms with E-state index in [1.165, 1.54) is 4.90 Å². The van der Waals surface area contributed by atoms with Crippen molar-refractivity contribution in [3.8, 4) is 0 Å². The van der Waals surface area contributed by atoms with Crippen molar-refractivity contribution in [1.82, 2.24) is 10.2 Å². The minimum atomic E-state index is -4.18. The van der Waals surface area contributed by atoms with Gasteiger partial charge < -0.3 is 10.2 Å². The Morgan fingerprint density at radius 2 is 1.44 bits per heavy atom. The second-order valence-corrected chi connectivity index (χ2v) is 15.1. The first-order valence-corrected chi connectivity index (χ1v) is 18.4. The van der Waals surface area contributed by atoms with Crippen molar-refractivity contribution in [3.05, 3.63) is 130 Å². The molecule has 7 nitrogen and oxygen atoms in total. The van der Waals surface area contributed by atoms with Gasteiger partial charge in [0.25, 0.3) is 10.0 Å². The van der Waals surface area contributed by atoms with E-state index in [1.807, 2.05) is 75.4 Å². The van der Waals surface area contributed by atoms with E-state index in [9.17, 15) is 18.0 Å². The van der Waals surface area contributed by atoms with Gasteiger partial charge in [-0.2, -0.15) is 0 Å². The molecule has 1 saturated carbocycles. The number of carbonyl (C=O) groups excluding carboxylic acids is 2. The van der Waals surface area contributed by atoms with Crippen LogP contribution in [0, 0.1) is 20.8 Å². The normalized spacial score (nSPS) is 14.2. The third kappa shape index (κ3) is 8.85. The lowest BCUT2D eigenvalue weighted by Gasteiger charge is -2.35. The van der Waals surface area contributed by atoms with Crippen LogP contribution in [0.4, 0.5) is 5.69 Å². The molecule has 0 spiro atoms. The molecule has 0 radical (unpaired) electrons. The van der Waals surface area contributed by atoms with Crippen LogP contribution in [-0.2, 0) is 32.6 Å². The van der Waals surface area contributed by atoms with Gasteiger partial charge in [-0.05, 0) is 86.2 Å². The van der Waals surface area contributed by atoms with Crippen molar-refractivity contribution in [2.24, 2.45) is 0 Å². The first-order valence-electron chi connectivity index (χ1n) is 16.6. The molecule has 0 saturated heterocycles. The van der Waals surface area contributed by atoms with Gasteiger partial charge >= 0.3 is 0 Å². The van der Waals surface area contributed by atoms with Gasteiger partial charge in [0.2, 0.25) is 11.8 Å². The molecule has 0 bridgehead atoms. The van der Waals surface area contributed by atoms with Crippen LogP contribution in [0.3, 0.4) is 0 Å². The minimum absolute atomic E-state index is 0.0236. The van der Waals surface area contributed by atoms with Crippen molar-refractivity contribution >= 4 is 39.1 Å². The van der Waals surface area contributed by atoms with Crippen molar-refractivity contribution < 1.29 is 18.0 Å². The van der Waals surface area contributed by atoms with Crippen molar-refractivity contribution in [3.63, 3.8) is 0 Å². The van der Waals surface area contributed by atoms with Crippen LogP contribution in [-0.4, -0.2) is 43.8 Å². The molecule has 0 heterocycles. The summed E-state index contributed by atoms with van der Waals surface area (Å²) in [5.74, 6) is -0.769. The Kier molecular flexibility index (Phi) is 11.6. The fourth-order valence-corrected chi connectivity index (χ4v) is 7.96. The molecule has 1 atom stereocenters. The zero-order chi connectivity index (χ0) is 34.3. The summed E-state index contributed by atoms with van der Waals surface area (Å²) < 4.78 is 29.9. The van der Waals surface area contributed by atoms with Crippen LogP contribution < -0.4 is 9.62 Å². The maximum Gasteiger partial charge on any atom is 0.264 e. The molecule has 4 aromatic rings. The van der Waals surface area contributed by atoms with Crippen LogP contribution >= 0.6 is 11.6 Å². The number of sulfonamides is 1. The largest absolute Gasteiger partial charge is 0.352 e. The molecule has 2 amide bonds. The Bertz CT molecular complexity index is 1800. The molecule has 1 aliphatic rings. The number of rotatable bonds is 12. The van der Waals surface area contributed by atoms with E-state index in [2.05, 4.69) is 5.32 Å². The Morgan fingerprint density at radius 3 is 2.08 bits per heavy atom. The predicted molar refractivity (Wildman–Crippen MR) is 193 cm³/mol. The van der Waals surface area contributed by atoms with E-state index in [-0.39, 0.29) is 29.8 Å². The fourth-order valence-electron chi connectivity index (χ4n) is 6.37. The highest BCUT2D eigenvalue weighted by molar-refractivity contribution is 7.92. The number of nitrogens with zero attached hydrogens (tertiary/aromatic N) is 2. The van der Waals surface area contributed by atoms with Gasteiger partial charge in [-0.3, -0.25) is 13.9 Å². The number of halogens is 1. The quantitative estimate of drug-likeness (QED) is 0.167. The second kappa shape index (κ2) is 15.8. The molecule has 252 valence electrons. The molecule has 1 aliphatic carbocycles. The fraction of sp³-hybridized carbons (Fsp3) is 0.333. The number of anilines is 1. The maximum atomic E-state index is 14.8. The molecule has 0 aliphatic heterocycles. The number of aryl methyl sites for hydroxylation is 3. The zero-order valence-corrected chi connectivity index (χ0v) is 29.4. The average Bonchev–Trinajstić information content (AvgIpc) is 3.06. The standard InChI is InChI=1S/C39H44ClN3O4S/c1-28-18-20-35(21-19-28)48(46,47)43(34-23-29(2)22-30(3)24-34)27-38(44)42(26-32-14-10-11-17-36(32)40)37(25-31-12-6-4-7-13-31)39(45)41-33-15-8-5-9-16-33/h4,6-7,10-14,17-24,33,37H,5,8-9,15-16,25-27H2,1-3H3,(H,41,45)/t37-/m0/s1. The van der Waals surface area contributed by atoms with Gasteiger partial charge in [-0.15, -0.1) is 0 Å². The monoisotopic (exact) mass is 685 g/mol. The average molecular weight is 686 g/mol. The van der Waals surface area contributed by atoms with E-state index in [0.717, 1.165) is 58.7 Å². The number of benzene rings is 4. The van der Waals surface area contributed by atoms with Crippen molar-refractivity contribution in [2.75, 3.05) is 10.8 Å². The molecular formula is C39H44ClN3O4S. The summed E-state index contributed by atoms with van der Waals surface area (Å²) in [5.41, 5.74) is 4.57. The Balaban J connectivity index is 1.59. The smallest absolute Gasteiger partial charge is 0.264 e. The van der Waals surface area contributed by atoms with Gasteiger partial charge in [-0.25, -0.2) is 8.42 Å². The summed E-state index contributed by atoms with van der Waals surface area (Å²) >= 11 is 6.63. The Morgan fingerprint density at radius 1 is 0.812 bits per heavy atom. The summed E-state index contributed by atoms with van der Waals surface area (Å²) in [6.45, 7) is 5.19. The summed E-state index contributed by atoms with van der Waals surface area (Å²) in [6.07, 6.45) is 5.25. The topological polar surface area (TPSA) is 86.8 Å².